The van der Waals surface area contributed by atoms with Crippen LogP contribution in [0.2, 0.25) is 5.15 Å². The minimum Gasteiger partial charge on any atom is -0.372 e. The van der Waals surface area contributed by atoms with Gasteiger partial charge in [0.25, 0.3) is 0 Å². The van der Waals surface area contributed by atoms with Gasteiger partial charge in [-0.2, -0.15) is 0 Å². The molecule has 0 aromatic carbocycles. The Morgan fingerprint density at radius 2 is 2.33 bits per heavy atom. The molecule has 0 bridgehead atoms. The van der Waals surface area contributed by atoms with Crippen LogP contribution in [0.5, 0.6) is 0 Å². The number of rotatable bonds is 2. The first-order valence-electron chi connectivity index (χ1n) is 3.20. The van der Waals surface area contributed by atoms with E-state index in [2.05, 4.69) is 21.9 Å². The lowest BCUT2D eigenvalue weighted by molar-refractivity contribution is 0.761. The zero-order valence-corrected chi connectivity index (χ0v) is 7.19. The molecular formula is C7H7ClFN3. The van der Waals surface area contributed by atoms with Crippen molar-refractivity contribution in [3.05, 3.63) is 23.6 Å². The second-order valence-corrected chi connectivity index (χ2v) is 2.40. The average Bonchev–Trinajstić information content (AvgIpc) is 2.03. The molecule has 0 aliphatic carbocycles. The molecule has 0 atom stereocenters. The summed E-state index contributed by atoms with van der Waals surface area (Å²) in [7, 11) is 1.62. The van der Waals surface area contributed by atoms with Crippen molar-refractivity contribution in [2.24, 2.45) is 0 Å². The Kier molecular flexibility index (Phi) is 2.60. The van der Waals surface area contributed by atoms with Crippen molar-refractivity contribution in [2.45, 2.75) is 0 Å². The molecule has 0 fully saturated rings. The van der Waals surface area contributed by atoms with Crippen LogP contribution < -0.4 is 5.32 Å². The Morgan fingerprint density at radius 1 is 1.67 bits per heavy atom. The van der Waals surface area contributed by atoms with E-state index in [4.69, 9.17) is 11.6 Å². The van der Waals surface area contributed by atoms with Gasteiger partial charge in [-0.25, -0.2) is 14.4 Å². The van der Waals surface area contributed by atoms with Crippen LogP contribution in [0, 0.1) is 0 Å². The molecular weight excluding hydrogens is 181 g/mol. The summed E-state index contributed by atoms with van der Waals surface area (Å²) >= 11 is 5.61. The predicted octanol–water partition coefficient (Wildman–Crippen LogP) is 2.11. The molecule has 3 nitrogen and oxygen atoms in total. The number of hydrogen-bond acceptors (Lipinski definition) is 3. The normalized spacial score (nSPS) is 9.58. The van der Waals surface area contributed by atoms with Crippen LogP contribution in [0.3, 0.4) is 0 Å². The molecule has 0 spiro atoms. The van der Waals surface area contributed by atoms with Crippen molar-refractivity contribution in [1.29, 1.82) is 0 Å². The molecule has 64 valence electrons. The summed E-state index contributed by atoms with van der Waals surface area (Å²) < 4.78 is 12.7. The van der Waals surface area contributed by atoms with E-state index in [0.717, 1.165) is 0 Å². The smallest absolute Gasteiger partial charge is 0.144 e. The van der Waals surface area contributed by atoms with E-state index in [1.807, 2.05) is 0 Å². The van der Waals surface area contributed by atoms with Crippen LogP contribution in [0.4, 0.5) is 10.2 Å². The zero-order chi connectivity index (χ0) is 9.14. The minimum atomic E-state index is -0.648. The second kappa shape index (κ2) is 3.49. The second-order valence-electron chi connectivity index (χ2n) is 2.04. The van der Waals surface area contributed by atoms with Gasteiger partial charge in [-0.3, -0.25) is 0 Å². The van der Waals surface area contributed by atoms with Gasteiger partial charge in [0.2, 0.25) is 0 Å². The molecule has 1 aromatic rings. The predicted molar refractivity (Wildman–Crippen MR) is 46.7 cm³/mol. The summed E-state index contributed by atoms with van der Waals surface area (Å²) in [4.78, 5) is 7.39. The number of hydrogen-bond donors (Lipinski definition) is 1. The van der Waals surface area contributed by atoms with Crippen molar-refractivity contribution in [3.63, 3.8) is 0 Å². The highest BCUT2D eigenvalue weighted by Gasteiger charge is 2.11. The fourth-order valence-corrected chi connectivity index (χ4v) is 1.03. The van der Waals surface area contributed by atoms with Gasteiger partial charge in [0.1, 0.15) is 23.1 Å². The van der Waals surface area contributed by atoms with Crippen LogP contribution in [0.1, 0.15) is 5.56 Å². The lowest BCUT2D eigenvalue weighted by atomic mass is 10.3. The summed E-state index contributed by atoms with van der Waals surface area (Å²) in [5.41, 5.74) is 0.113. The zero-order valence-electron chi connectivity index (χ0n) is 6.43. The van der Waals surface area contributed by atoms with Crippen molar-refractivity contribution >= 4 is 23.2 Å². The molecule has 1 aromatic heterocycles. The van der Waals surface area contributed by atoms with E-state index < -0.39 is 5.83 Å². The lowest BCUT2D eigenvalue weighted by Gasteiger charge is -2.05. The third kappa shape index (κ3) is 1.53. The molecule has 12 heavy (non-hydrogen) atoms. The van der Waals surface area contributed by atoms with Crippen molar-refractivity contribution in [2.75, 3.05) is 12.4 Å². The van der Waals surface area contributed by atoms with Crippen molar-refractivity contribution in [3.8, 4) is 0 Å². The van der Waals surface area contributed by atoms with Crippen LogP contribution in [-0.4, -0.2) is 17.0 Å². The van der Waals surface area contributed by atoms with E-state index in [1.54, 1.807) is 7.05 Å². The van der Waals surface area contributed by atoms with Gasteiger partial charge in [0.05, 0.1) is 5.56 Å². The Morgan fingerprint density at radius 3 is 2.75 bits per heavy atom. The topological polar surface area (TPSA) is 37.8 Å². The van der Waals surface area contributed by atoms with Gasteiger partial charge in [-0.05, 0) is 0 Å². The van der Waals surface area contributed by atoms with Crippen LogP contribution in [0.25, 0.3) is 5.83 Å². The average molecular weight is 188 g/mol. The number of halogens is 2. The monoisotopic (exact) mass is 187 g/mol. The maximum absolute atomic E-state index is 12.7. The molecule has 1 rings (SSSR count). The Balaban J connectivity index is 3.29. The van der Waals surface area contributed by atoms with E-state index in [1.165, 1.54) is 6.33 Å². The number of aromatic nitrogens is 2. The summed E-state index contributed by atoms with van der Waals surface area (Å²) in [6.45, 7) is 3.12. The van der Waals surface area contributed by atoms with Gasteiger partial charge in [-0.1, -0.05) is 18.2 Å². The molecule has 0 radical (unpaired) electrons. The Bertz CT molecular complexity index is 314. The molecule has 0 saturated heterocycles. The fraction of sp³-hybridized carbons (Fsp3) is 0.143. The van der Waals surface area contributed by atoms with E-state index in [-0.39, 0.29) is 10.7 Å². The SMILES string of the molecule is C=C(F)c1c(Cl)ncnc1NC. The molecule has 1 N–H and O–H groups in total. The van der Waals surface area contributed by atoms with Crippen LogP contribution in [-0.2, 0) is 0 Å². The van der Waals surface area contributed by atoms with E-state index in [9.17, 15) is 4.39 Å². The van der Waals surface area contributed by atoms with E-state index in [0.29, 0.717) is 5.82 Å². The highest BCUT2D eigenvalue weighted by Crippen LogP contribution is 2.26. The first-order chi connectivity index (χ1) is 5.66. The molecule has 1 heterocycles. The van der Waals surface area contributed by atoms with E-state index >= 15 is 0 Å². The fourth-order valence-electron chi connectivity index (χ4n) is 0.794. The molecule has 0 saturated carbocycles. The molecule has 5 heteroatoms. The van der Waals surface area contributed by atoms with Gasteiger partial charge in [0.15, 0.2) is 0 Å². The summed E-state index contributed by atoms with van der Waals surface area (Å²) in [6.07, 6.45) is 1.25. The first kappa shape index (κ1) is 8.93. The van der Waals surface area contributed by atoms with Gasteiger partial charge in [0, 0.05) is 7.05 Å². The molecule has 0 amide bonds. The number of anilines is 1. The molecule has 0 unspecified atom stereocenters. The minimum absolute atomic E-state index is 0.0573. The summed E-state index contributed by atoms with van der Waals surface area (Å²) in [5.74, 6) is -0.313. The highest BCUT2D eigenvalue weighted by atomic mass is 35.5. The number of nitrogens with one attached hydrogen (secondary N) is 1. The summed E-state index contributed by atoms with van der Waals surface area (Å²) in [5, 5.41) is 2.74. The van der Waals surface area contributed by atoms with Crippen molar-refractivity contribution in [1.82, 2.24) is 9.97 Å². The quantitative estimate of drug-likeness (QED) is 0.721. The first-order valence-corrected chi connectivity index (χ1v) is 3.57. The Labute approximate surface area is 74.3 Å². The largest absolute Gasteiger partial charge is 0.372 e. The Hall–Kier alpha value is -1.16. The van der Waals surface area contributed by atoms with Crippen LogP contribution >= 0.6 is 11.6 Å². The molecule has 0 aliphatic rings. The van der Waals surface area contributed by atoms with Gasteiger partial charge < -0.3 is 5.32 Å². The molecule has 0 aliphatic heterocycles. The van der Waals surface area contributed by atoms with Crippen LogP contribution in [0.15, 0.2) is 12.9 Å². The lowest BCUT2D eigenvalue weighted by Crippen LogP contribution is -1.98. The maximum Gasteiger partial charge on any atom is 0.144 e. The van der Waals surface area contributed by atoms with Gasteiger partial charge in [-0.15, -0.1) is 0 Å². The maximum atomic E-state index is 12.7. The summed E-state index contributed by atoms with van der Waals surface area (Å²) in [6, 6.07) is 0. The standard InChI is InChI=1S/C7H7ClFN3/c1-4(9)5-6(8)11-3-12-7(5)10-2/h3H,1H2,2H3,(H,10,11,12). The van der Waals surface area contributed by atoms with Crippen molar-refractivity contribution < 1.29 is 4.39 Å². The third-order valence-corrected chi connectivity index (χ3v) is 1.60. The number of nitrogens with zero attached hydrogens (tertiary/aromatic N) is 2. The third-order valence-electron chi connectivity index (χ3n) is 1.31. The van der Waals surface area contributed by atoms with Gasteiger partial charge >= 0.3 is 0 Å². The highest BCUT2D eigenvalue weighted by molar-refractivity contribution is 6.31.